The lowest BCUT2D eigenvalue weighted by Crippen LogP contribution is -2.06. The van der Waals surface area contributed by atoms with Crippen LogP contribution in [0.2, 0.25) is 0 Å². The molecule has 5 nitrogen and oxygen atoms in total. The Kier molecular flexibility index (Phi) is 5.47. The number of hydrogen-bond acceptors (Lipinski definition) is 4. The van der Waals surface area contributed by atoms with Crippen molar-refractivity contribution in [2.24, 2.45) is 0 Å². The predicted molar refractivity (Wildman–Crippen MR) is 93.0 cm³/mol. The highest BCUT2D eigenvalue weighted by Gasteiger charge is 2.11. The lowest BCUT2D eigenvalue weighted by atomic mass is 10.0. The van der Waals surface area contributed by atoms with Crippen molar-refractivity contribution in [1.29, 1.82) is 0 Å². The zero-order valence-corrected chi connectivity index (χ0v) is 13.9. The van der Waals surface area contributed by atoms with E-state index < -0.39 is 10.9 Å². The number of benzene rings is 2. The van der Waals surface area contributed by atoms with Crippen LogP contribution in [0.25, 0.3) is 6.08 Å². The fourth-order valence-electron chi connectivity index (χ4n) is 2.22. The number of ether oxygens (including phenoxy) is 1. The minimum Gasteiger partial charge on any atom is -0.423 e. The summed E-state index contributed by atoms with van der Waals surface area (Å²) in [7, 11) is 0. The summed E-state index contributed by atoms with van der Waals surface area (Å²) in [5.74, 6) is 0.316. The van der Waals surface area contributed by atoms with Crippen molar-refractivity contribution >= 4 is 17.7 Å². The number of carbonyl (C=O) groups is 1. The maximum atomic E-state index is 12.0. The van der Waals surface area contributed by atoms with Gasteiger partial charge in [0, 0.05) is 18.2 Å². The Labute approximate surface area is 140 Å². The van der Waals surface area contributed by atoms with Crippen LogP contribution in [0.5, 0.6) is 5.75 Å². The van der Waals surface area contributed by atoms with Gasteiger partial charge in [0.25, 0.3) is 5.69 Å². The standard InChI is InChI=1S/C19H19NO4/c1-13(2)17-10-4-14(3)12-18(17)24-19(21)11-7-15-5-8-16(9-6-15)20(22)23/h4-13H,1-3H3. The van der Waals surface area contributed by atoms with Crippen molar-refractivity contribution in [3.63, 3.8) is 0 Å². The fraction of sp³-hybridized carbons (Fsp3) is 0.211. The van der Waals surface area contributed by atoms with Crippen LogP contribution in [0.1, 0.15) is 36.5 Å². The van der Waals surface area contributed by atoms with Crippen molar-refractivity contribution in [2.75, 3.05) is 0 Å². The Morgan fingerprint density at radius 3 is 2.42 bits per heavy atom. The summed E-state index contributed by atoms with van der Waals surface area (Å²) < 4.78 is 5.44. The molecule has 2 rings (SSSR count). The number of non-ortho nitro benzene ring substituents is 1. The van der Waals surface area contributed by atoms with Gasteiger partial charge in [0.15, 0.2) is 0 Å². The minimum absolute atomic E-state index is 0.0102. The summed E-state index contributed by atoms with van der Waals surface area (Å²) in [6.45, 7) is 6.01. The molecule has 2 aromatic rings. The van der Waals surface area contributed by atoms with Gasteiger partial charge in [-0.1, -0.05) is 26.0 Å². The number of nitro groups is 1. The molecule has 0 fully saturated rings. The van der Waals surface area contributed by atoms with Crippen LogP contribution in [0.15, 0.2) is 48.5 Å². The first-order chi connectivity index (χ1) is 11.4. The molecular weight excluding hydrogens is 306 g/mol. The first-order valence-corrected chi connectivity index (χ1v) is 7.61. The van der Waals surface area contributed by atoms with E-state index in [-0.39, 0.29) is 11.6 Å². The van der Waals surface area contributed by atoms with Gasteiger partial charge in [-0.3, -0.25) is 10.1 Å². The third-order valence-corrected chi connectivity index (χ3v) is 3.52. The molecule has 0 bridgehead atoms. The number of nitro benzene ring substituents is 1. The van der Waals surface area contributed by atoms with Crippen molar-refractivity contribution < 1.29 is 14.5 Å². The average Bonchev–Trinajstić information content (AvgIpc) is 2.53. The second-order valence-electron chi connectivity index (χ2n) is 5.80. The molecule has 0 unspecified atom stereocenters. The maximum Gasteiger partial charge on any atom is 0.336 e. The van der Waals surface area contributed by atoms with E-state index in [0.717, 1.165) is 11.1 Å². The van der Waals surface area contributed by atoms with E-state index in [1.165, 1.54) is 18.2 Å². The van der Waals surface area contributed by atoms with Gasteiger partial charge in [0.1, 0.15) is 5.75 Å². The highest BCUT2D eigenvalue weighted by molar-refractivity contribution is 5.89. The number of aryl methyl sites for hydroxylation is 1. The second kappa shape index (κ2) is 7.55. The summed E-state index contributed by atoms with van der Waals surface area (Å²) in [6, 6.07) is 11.7. The molecule has 0 atom stereocenters. The van der Waals surface area contributed by atoms with E-state index in [1.54, 1.807) is 18.2 Å². The molecule has 2 aromatic carbocycles. The molecule has 0 saturated carbocycles. The lowest BCUT2D eigenvalue weighted by molar-refractivity contribution is -0.384. The molecule has 0 aliphatic carbocycles. The van der Waals surface area contributed by atoms with Crippen LogP contribution in [-0.4, -0.2) is 10.9 Å². The van der Waals surface area contributed by atoms with Crippen LogP contribution >= 0.6 is 0 Å². The zero-order valence-electron chi connectivity index (χ0n) is 13.9. The molecule has 0 spiro atoms. The second-order valence-corrected chi connectivity index (χ2v) is 5.80. The molecule has 0 saturated heterocycles. The average molecular weight is 325 g/mol. The number of carbonyl (C=O) groups excluding carboxylic acids is 1. The third kappa shape index (κ3) is 4.52. The van der Waals surface area contributed by atoms with E-state index in [2.05, 4.69) is 0 Å². The Morgan fingerprint density at radius 1 is 1.17 bits per heavy atom. The highest BCUT2D eigenvalue weighted by Crippen LogP contribution is 2.27. The van der Waals surface area contributed by atoms with Crippen molar-refractivity contribution in [3.8, 4) is 5.75 Å². The molecule has 0 amide bonds. The first-order valence-electron chi connectivity index (χ1n) is 7.61. The SMILES string of the molecule is Cc1ccc(C(C)C)c(OC(=O)C=Cc2ccc([N+](=O)[O-])cc2)c1. The molecule has 5 heteroatoms. The maximum absolute atomic E-state index is 12.0. The first kappa shape index (κ1) is 17.4. The largest absolute Gasteiger partial charge is 0.423 e. The number of rotatable bonds is 5. The lowest BCUT2D eigenvalue weighted by Gasteiger charge is -2.12. The summed E-state index contributed by atoms with van der Waals surface area (Å²) >= 11 is 0. The zero-order chi connectivity index (χ0) is 17.7. The molecule has 0 N–H and O–H groups in total. The molecule has 0 aliphatic rings. The van der Waals surface area contributed by atoms with Gasteiger partial charge in [-0.25, -0.2) is 4.79 Å². The molecule has 124 valence electrons. The Morgan fingerprint density at radius 2 is 1.83 bits per heavy atom. The van der Waals surface area contributed by atoms with E-state index in [9.17, 15) is 14.9 Å². The molecule has 0 radical (unpaired) electrons. The van der Waals surface area contributed by atoms with Gasteiger partial charge in [-0.15, -0.1) is 0 Å². The number of esters is 1. The van der Waals surface area contributed by atoms with Gasteiger partial charge in [-0.05, 0) is 53.8 Å². The van der Waals surface area contributed by atoms with E-state index in [4.69, 9.17) is 4.74 Å². The van der Waals surface area contributed by atoms with E-state index in [0.29, 0.717) is 11.3 Å². The molecule has 0 aliphatic heterocycles. The summed E-state index contributed by atoms with van der Waals surface area (Å²) in [6.07, 6.45) is 2.88. The highest BCUT2D eigenvalue weighted by atomic mass is 16.6. The van der Waals surface area contributed by atoms with Crippen LogP contribution < -0.4 is 4.74 Å². The van der Waals surface area contributed by atoms with E-state index in [1.807, 2.05) is 39.0 Å². The smallest absolute Gasteiger partial charge is 0.336 e. The van der Waals surface area contributed by atoms with Crippen molar-refractivity contribution in [1.82, 2.24) is 0 Å². The molecular formula is C19H19NO4. The number of nitrogens with zero attached hydrogens (tertiary/aromatic N) is 1. The summed E-state index contributed by atoms with van der Waals surface area (Å²) in [4.78, 5) is 22.2. The van der Waals surface area contributed by atoms with E-state index >= 15 is 0 Å². The van der Waals surface area contributed by atoms with Crippen LogP contribution in [0.4, 0.5) is 5.69 Å². The molecule has 0 aromatic heterocycles. The van der Waals surface area contributed by atoms with Crippen molar-refractivity contribution in [2.45, 2.75) is 26.7 Å². The Hall–Kier alpha value is -2.95. The van der Waals surface area contributed by atoms with Gasteiger partial charge >= 0.3 is 5.97 Å². The Balaban J connectivity index is 2.10. The quantitative estimate of drug-likeness (QED) is 0.264. The van der Waals surface area contributed by atoms with Gasteiger partial charge in [0.2, 0.25) is 0 Å². The monoisotopic (exact) mass is 325 g/mol. The molecule has 0 heterocycles. The van der Waals surface area contributed by atoms with Gasteiger partial charge in [0.05, 0.1) is 4.92 Å². The normalized spacial score (nSPS) is 11.0. The fourth-order valence-corrected chi connectivity index (χ4v) is 2.22. The van der Waals surface area contributed by atoms with Crippen molar-refractivity contribution in [3.05, 3.63) is 75.3 Å². The summed E-state index contributed by atoms with van der Waals surface area (Å²) in [5.41, 5.74) is 2.68. The van der Waals surface area contributed by atoms with Gasteiger partial charge < -0.3 is 4.74 Å². The predicted octanol–water partition coefficient (Wildman–Crippen LogP) is 4.65. The van der Waals surface area contributed by atoms with Gasteiger partial charge in [-0.2, -0.15) is 0 Å². The topological polar surface area (TPSA) is 69.4 Å². The number of hydrogen-bond donors (Lipinski definition) is 0. The van der Waals surface area contributed by atoms with Crippen LogP contribution in [0.3, 0.4) is 0 Å². The molecule has 24 heavy (non-hydrogen) atoms. The third-order valence-electron chi connectivity index (χ3n) is 3.52. The minimum atomic E-state index is -0.485. The Bertz CT molecular complexity index is 776. The summed E-state index contributed by atoms with van der Waals surface area (Å²) in [5, 5.41) is 10.6. The van der Waals surface area contributed by atoms with Crippen LogP contribution in [0, 0.1) is 17.0 Å². The van der Waals surface area contributed by atoms with Crippen LogP contribution in [-0.2, 0) is 4.79 Å².